The first kappa shape index (κ1) is 10.5. The molecule has 0 atom stereocenters. The van der Waals surface area contributed by atoms with Gasteiger partial charge in [-0.15, -0.1) is 0 Å². The van der Waals surface area contributed by atoms with Gasteiger partial charge in [0.2, 0.25) is 11.4 Å². The second-order valence-electron chi connectivity index (χ2n) is 3.73. The van der Waals surface area contributed by atoms with Gasteiger partial charge in [0, 0.05) is 12.4 Å². The van der Waals surface area contributed by atoms with E-state index < -0.39 is 0 Å². The Labute approximate surface area is 93.4 Å². The molecule has 2 rings (SSSR count). The van der Waals surface area contributed by atoms with Crippen LogP contribution in [0, 0.1) is 13.8 Å². The smallest absolute Gasteiger partial charge is 0.223 e. The van der Waals surface area contributed by atoms with Crippen molar-refractivity contribution in [3.8, 4) is 0 Å². The number of fused-ring (bicyclic) bond motifs is 1. The Morgan fingerprint density at radius 3 is 2.62 bits per heavy atom. The standard InChI is InChI=1S/C12H13N3O/c1-7-4-5-10(16)11-9(6-7)8(2)14-12(13-3)15-11/h4-6H,1-3H3,(H,13,14,15). The van der Waals surface area contributed by atoms with Crippen molar-refractivity contribution in [1.82, 2.24) is 9.97 Å². The van der Waals surface area contributed by atoms with Crippen molar-refractivity contribution in [3.05, 3.63) is 39.7 Å². The lowest BCUT2D eigenvalue weighted by molar-refractivity contribution is 1.14. The maximum atomic E-state index is 11.8. The van der Waals surface area contributed by atoms with Gasteiger partial charge in [0.1, 0.15) is 5.52 Å². The zero-order chi connectivity index (χ0) is 11.7. The van der Waals surface area contributed by atoms with Crippen molar-refractivity contribution in [2.45, 2.75) is 13.8 Å². The molecule has 0 aliphatic carbocycles. The molecule has 0 bridgehead atoms. The van der Waals surface area contributed by atoms with E-state index >= 15 is 0 Å². The molecule has 16 heavy (non-hydrogen) atoms. The maximum Gasteiger partial charge on any atom is 0.223 e. The Balaban J connectivity index is 2.98. The van der Waals surface area contributed by atoms with E-state index in [-0.39, 0.29) is 5.43 Å². The first-order chi connectivity index (χ1) is 7.61. The molecule has 0 aliphatic rings. The fourth-order valence-corrected chi connectivity index (χ4v) is 1.62. The highest BCUT2D eigenvalue weighted by molar-refractivity contribution is 5.81. The summed E-state index contributed by atoms with van der Waals surface area (Å²) in [5.41, 5.74) is 2.22. The first-order valence-corrected chi connectivity index (χ1v) is 5.09. The van der Waals surface area contributed by atoms with Crippen molar-refractivity contribution >= 4 is 16.9 Å². The predicted molar refractivity (Wildman–Crippen MR) is 64.8 cm³/mol. The van der Waals surface area contributed by atoms with Crippen molar-refractivity contribution < 1.29 is 0 Å². The van der Waals surface area contributed by atoms with Crippen LogP contribution in [-0.4, -0.2) is 17.0 Å². The van der Waals surface area contributed by atoms with Gasteiger partial charge in [-0.2, -0.15) is 0 Å². The van der Waals surface area contributed by atoms with Gasteiger partial charge < -0.3 is 5.32 Å². The lowest BCUT2D eigenvalue weighted by atomic mass is 10.2. The highest BCUT2D eigenvalue weighted by Gasteiger charge is 2.05. The van der Waals surface area contributed by atoms with E-state index in [0.29, 0.717) is 11.5 Å². The van der Waals surface area contributed by atoms with E-state index in [1.807, 2.05) is 19.9 Å². The average molecular weight is 215 g/mol. The number of nitrogens with zero attached hydrogens (tertiary/aromatic N) is 2. The fraction of sp³-hybridized carbons (Fsp3) is 0.250. The average Bonchev–Trinajstić information content (AvgIpc) is 2.41. The number of aromatic nitrogens is 2. The van der Waals surface area contributed by atoms with Crippen LogP contribution in [0.2, 0.25) is 0 Å². The summed E-state index contributed by atoms with van der Waals surface area (Å²) in [5, 5.41) is 3.66. The molecule has 0 unspecified atom stereocenters. The Hall–Kier alpha value is -1.97. The molecule has 1 N–H and O–H groups in total. The first-order valence-electron chi connectivity index (χ1n) is 5.09. The van der Waals surface area contributed by atoms with Gasteiger partial charge in [0.25, 0.3) is 0 Å². The van der Waals surface area contributed by atoms with E-state index in [0.717, 1.165) is 16.6 Å². The van der Waals surface area contributed by atoms with Gasteiger partial charge in [-0.3, -0.25) is 4.79 Å². The van der Waals surface area contributed by atoms with Crippen LogP contribution >= 0.6 is 0 Å². The van der Waals surface area contributed by atoms with Crippen molar-refractivity contribution in [2.75, 3.05) is 12.4 Å². The Kier molecular flexibility index (Phi) is 2.56. The Bertz CT molecular complexity index is 608. The summed E-state index contributed by atoms with van der Waals surface area (Å²) in [6.07, 6.45) is 0. The molecule has 0 spiro atoms. The van der Waals surface area contributed by atoms with Gasteiger partial charge in [-0.05, 0) is 26.0 Å². The van der Waals surface area contributed by atoms with Gasteiger partial charge in [0.15, 0.2) is 0 Å². The monoisotopic (exact) mass is 215 g/mol. The minimum absolute atomic E-state index is 0.0786. The molecule has 4 nitrogen and oxygen atoms in total. The quantitative estimate of drug-likeness (QED) is 0.785. The molecule has 2 aromatic rings. The molecule has 1 aromatic carbocycles. The molecular weight excluding hydrogens is 202 g/mol. The lowest BCUT2D eigenvalue weighted by Gasteiger charge is -2.01. The number of aryl methyl sites for hydroxylation is 2. The van der Waals surface area contributed by atoms with Gasteiger partial charge in [0.05, 0.1) is 5.69 Å². The molecule has 1 heterocycles. The molecule has 0 radical (unpaired) electrons. The predicted octanol–water partition coefficient (Wildman–Crippen LogP) is 1.65. The number of hydrogen-bond donors (Lipinski definition) is 1. The van der Waals surface area contributed by atoms with Crippen LogP contribution in [0.1, 0.15) is 11.3 Å². The largest absolute Gasteiger partial charge is 0.357 e. The summed E-state index contributed by atoms with van der Waals surface area (Å²) in [6, 6.07) is 5.28. The van der Waals surface area contributed by atoms with Gasteiger partial charge in [-0.1, -0.05) is 11.6 Å². The third-order valence-corrected chi connectivity index (χ3v) is 2.46. The number of nitrogens with one attached hydrogen (secondary N) is 1. The maximum absolute atomic E-state index is 11.8. The fourth-order valence-electron chi connectivity index (χ4n) is 1.62. The van der Waals surface area contributed by atoms with Crippen molar-refractivity contribution in [1.29, 1.82) is 0 Å². The third-order valence-electron chi connectivity index (χ3n) is 2.46. The van der Waals surface area contributed by atoms with Crippen LogP contribution in [0.4, 0.5) is 5.95 Å². The number of rotatable bonds is 1. The molecule has 1 aromatic heterocycles. The van der Waals surface area contributed by atoms with E-state index in [1.54, 1.807) is 19.2 Å². The molecule has 0 amide bonds. The van der Waals surface area contributed by atoms with E-state index in [1.165, 1.54) is 0 Å². The third kappa shape index (κ3) is 1.74. The minimum atomic E-state index is -0.0786. The highest BCUT2D eigenvalue weighted by Crippen LogP contribution is 2.14. The lowest BCUT2D eigenvalue weighted by Crippen LogP contribution is -2.04. The second kappa shape index (κ2) is 3.89. The molecular formula is C12H13N3O. The number of anilines is 1. The SMILES string of the molecule is CNc1nc(C)c2cc(C)ccc(=O)c2n1. The van der Waals surface area contributed by atoms with Crippen LogP contribution < -0.4 is 10.7 Å². The molecule has 0 saturated heterocycles. The van der Waals surface area contributed by atoms with Crippen LogP contribution in [0.25, 0.3) is 10.9 Å². The van der Waals surface area contributed by atoms with E-state index in [4.69, 9.17) is 0 Å². The molecule has 0 aliphatic heterocycles. The summed E-state index contributed by atoms with van der Waals surface area (Å²) in [4.78, 5) is 20.3. The van der Waals surface area contributed by atoms with Gasteiger partial charge in [-0.25, -0.2) is 9.97 Å². The van der Waals surface area contributed by atoms with Crippen molar-refractivity contribution in [2.24, 2.45) is 0 Å². The second-order valence-corrected chi connectivity index (χ2v) is 3.73. The van der Waals surface area contributed by atoms with E-state index in [9.17, 15) is 4.79 Å². The summed E-state index contributed by atoms with van der Waals surface area (Å²) in [7, 11) is 1.74. The zero-order valence-corrected chi connectivity index (χ0v) is 9.53. The molecule has 82 valence electrons. The van der Waals surface area contributed by atoms with Crippen molar-refractivity contribution in [3.63, 3.8) is 0 Å². The van der Waals surface area contributed by atoms with Crippen LogP contribution in [-0.2, 0) is 0 Å². The van der Waals surface area contributed by atoms with Crippen LogP contribution in [0.5, 0.6) is 0 Å². The minimum Gasteiger partial charge on any atom is -0.357 e. The normalized spacial score (nSPS) is 10.4. The van der Waals surface area contributed by atoms with Crippen LogP contribution in [0.15, 0.2) is 23.0 Å². The summed E-state index contributed by atoms with van der Waals surface area (Å²) < 4.78 is 0. The zero-order valence-electron chi connectivity index (χ0n) is 9.53. The topological polar surface area (TPSA) is 54.9 Å². The summed E-state index contributed by atoms with van der Waals surface area (Å²) in [5.74, 6) is 0.478. The Morgan fingerprint density at radius 2 is 1.94 bits per heavy atom. The molecule has 0 saturated carbocycles. The summed E-state index contributed by atoms with van der Waals surface area (Å²) in [6.45, 7) is 3.83. The highest BCUT2D eigenvalue weighted by atomic mass is 16.1. The molecule has 4 heteroatoms. The van der Waals surface area contributed by atoms with E-state index in [2.05, 4.69) is 15.3 Å². The summed E-state index contributed by atoms with van der Waals surface area (Å²) >= 11 is 0. The van der Waals surface area contributed by atoms with Crippen LogP contribution in [0.3, 0.4) is 0 Å². The number of hydrogen-bond acceptors (Lipinski definition) is 4. The van der Waals surface area contributed by atoms with Gasteiger partial charge >= 0.3 is 0 Å². The molecule has 0 fully saturated rings. The Morgan fingerprint density at radius 1 is 1.19 bits per heavy atom.